The molecule has 7 heteroatoms. The molecular weight excluding hydrogens is 244 g/mol. The van der Waals surface area contributed by atoms with E-state index in [-0.39, 0.29) is 23.3 Å². The highest BCUT2D eigenvalue weighted by molar-refractivity contribution is 6.29. The zero-order valence-corrected chi connectivity index (χ0v) is 10.1. The van der Waals surface area contributed by atoms with E-state index in [1.54, 1.807) is 12.1 Å². The predicted octanol–water partition coefficient (Wildman–Crippen LogP) is 0.447. The van der Waals surface area contributed by atoms with Crippen LogP contribution < -0.4 is 10.6 Å². The summed E-state index contributed by atoms with van der Waals surface area (Å²) in [6.45, 7) is 3.49. The van der Waals surface area contributed by atoms with Gasteiger partial charge in [-0.25, -0.2) is 0 Å². The fourth-order valence-corrected chi connectivity index (χ4v) is 1.48. The van der Waals surface area contributed by atoms with Gasteiger partial charge in [-0.15, -0.1) is 10.2 Å². The molecule has 0 saturated carbocycles. The fraction of sp³-hybridized carbons (Fsp3) is 0.500. The van der Waals surface area contributed by atoms with Crippen LogP contribution in [-0.2, 0) is 9.53 Å². The minimum Gasteiger partial charge on any atom is -0.363 e. The summed E-state index contributed by atoms with van der Waals surface area (Å²) in [6.07, 6.45) is 0. The molecule has 0 radical (unpaired) electrons. The van der Waals surface area contributed by atoms with Crippen molar-refractivity contribution in [3.8, 4) is 0 Å². The van der Waals surface area contributed by atoms with Gasteiger partial charge in [0.25, 0.3) is 5.91 Å². The maximum Gasteiger partial charge on any atom is 0.251 e. The Bertz CT molecular complexity index is 405. The van der Waals surface area contributed by atoms with E-state index in [0.717, 1.165) is 13.1 Å². The molecule has 2 rings (SSSR count). The average Bonchev–Trinajstić information content (AvgIpc) is 2.27. The second-order valence-electron chi connectivity index (χ2n) is 4.13. The van der Waals surface area contributed by atoms with Crippen molar-refractivity contribution in [1.82, 2.24) is 15.5 Å². The molecule has 0 spiro atoms. The number of hydrogen-bond acceptors (Lipinski definition) is 5. The van der Waals surface area contributed by atoms with Crippen molar-refractivity contribution in [3.05, 3.63) is 17.3 Å². The third kappa shape index (κ3) is 3.36. The molecule has 0 aliphatic carbocycles. The average molecular weight is 257 g/mol. The summed E-state index contributed by atoms with van der Waals surface area (Å²) in [6, 6.07) is 3.14. The first-order valence-corrected chi connectivity index (χ1v) is 5.59. The summed E-state index contributed by atoms with van der Waals surface area (Å²) in [7, 11) is 0. The van der Waals surface area contributed by atoms with Gasteiger partial charge >= 0.3 is 0 Å². The van der Waals surface area contributed by atoms with Crippen LogP contribution in [0.15, 0.2) is 12.1 Å². The second kappa shape index (κ2) is 4.95. The highest BCUT2D eigenvalue weighted by Crippen LogP contribution is 2.15. The Kier molecular flexibility index (Phi) is 3.56. The van der Waals surface area contributed by atoms with Gasteiger partial charge in [-0.2, -0.15) is 0 Å². The van der Waals surface area contributed by atoms with Gasteiger partial charge in [-0.1, -0.05) is 11.6 Å². The third-order valence-electron chi connectivity index (χ3n) is 2.45. The number of anilines is 1. The van der Waals surface area contributed by atoms with Gasteiger partial charge in [0, 0.05) is 13.1 Å². The minimum absolute atomic E-state index is 0.00247. The summed E-state index contributed by atoms with van der Waals surface area (Å²) in [5.74, 6) is 0.106. The lowest BCUT2D eigenvalue weighted by Gasteiger charge is -2.38. The quantitative estimate of drug-likeness (QED) is 0.818. The Morgan fingerprint density at radius 1 is 1.59 bits per heavy atom. The van der Waals surface area contributed by atoms with Crippen molar-refractivity contribution in [2.24, 2.45) is 0 Å². The number of ether oxygens (including phenoxy) is 1. The lowest BCUT2D eigenvalue weighted by molar-refractivity contribution is -0.130. The van der Waals surface area contributed by atoms with Crippen LogP contribution in [0.3, 0.4) is 0 Å². The molecule has 0 bridgehead atoms. The standard InChI is InChI=1S/C10H13ClN4O2/c1-10(5-12-6-10)17-4-9(16)13-8-3-2-7(11)14-15-8/h2-3,12H,4-6H2,1H3,(H,13,15,16). The molecule has 1 aliphatic rings. The van der Waals surface area contributed by atoms with Crippen molar-refractivity contribution in [1.29, 1.82) is 0 Å². The van der Waals surface area contributed by atoms with E-state index in [4.69, 9.17) is 16.3 Å². The highest BCUT2D eigenvalue weighted by Gasteiger charge is 2.32. The number of carbonyl (C=O) groups is 1. The van der Waals surface area contributed by atoms with E-state index in [9.17, 15) is 4.79 Å². The molecule has 17 heavy (non-hydrogen) atoms. The molecule has 1 fully saturated rings. The highest BCUT2D eigenvalue weighted by atomic mass is 35.5. The van der Waals surface area contributed by atoms with Crippen molar-refractivity contribution in [2.75, 3.05) is 25.0 Å². The molecule has 1 aromatic rings. The monoisotopic (exact) mass is 256 g/mol. The topological polar surface area (TPSA) is 76.1 Å². The Hall–Kier alpha value is -1.24. The number of hydrogen-bond donors (Lipinski definition) is 2. The van der Waals surface area contributed by atoms with Crippen molar-refractivity contribution in [3.63, 3.8) is 0 Å². The first kappa shape index (κ1) is 12.2. The van der Waals surface area contributed by atoms with Crippen LogP contribution in [0.25, 0.3) is 0 Å². The number of rotatable bonds is 4. The number of halogens is 1. The van der Waals surface area contributed by atoms with E-state index < -0.39 is 0 Å². The predicted molar refractivity (Wildman–Crippen MR) is 62.9 cm³/mol. The summed E-state index contributed by atoms with van der Waals surface area (Å²) in [5.41, 5.74) is -0.233. The molecular formula is C10H13ClN4O2. The molecule has 92 valence electrons. The SMILES string of the molecule is CC1(OCC(=O)Nc2ccc(Cl)nn2)CNC1. The normalized spacial score (nSPS) is 17.3. The largest absolute Gasteiger partial charge is 0.363 e. The van der Waals surface area contributed by atoms with Crippen LogP contribution in [-0.4, -0.2) is 41.4 Å². The third-order valence-corrected chi connectivity index (χ3v) is 2.65. The number of carbonyl (C=O) groups excluding carboxylic acids is 1. The van der Waals surface area contributed by atoms with Crippen molar-refractivity contribution in [2.45, 2.75) is 12.5 Å². The summed E-state index contributed by atoms with van der Waals surface area (Å²) >= 11 is 5.58. The Morgan fingerprint density at radius 3 is 2.88 bits per heavy atom. The lowest BCUT2D eigenvalue weighted by atomic mass is 10.0. The van der Waals surface area contributed by atoms with E-state index in [2.05, 4.69) is 20.8 Å². The first-order chi connectivity index (χ1) is 8.07. The lowest BCUT2D eigenvalue weighted by Crippen LogP contribution is -2.59. The molecule has 1 saturated heterocycles. The molecule has 6 nitrogen and oxygen atoms in total. The van der Waals surface area contributed by atoms with Crippen LogP contribution >= 0.6 is 11.6 Å². The Morgan fingerprint density at radius 2 is 2.35 bits per heavy atom. The number of aromatic nitrogens is 2. The van der Waals surface area contributed by atoms with Crippen LogP contribution in [0.5, 0.6) is 0 Å². The fourth-order valence-electron chi connectivity index (χ4n) is 1.38. The van der Waals surface area contributed by atoms with Crippen LogP contribution in [0.4, 0.5) is 5.82 Å². The smallest absolute Gasteiger partial charge is 0.251 e. The Labute approximate surface area is 104 Å². The van der Waals surface area contributed by atoms with Gasteiger partial charge in [-0.05, 0) is 19.1 Å². The first-order valence-electron chi connectivity index (χ1n) is 5.21. The number of nitrogens with zero attached hydrogens (tertiary/aromatic N) is 2. The summed E-state index contributed by atoms with van der Waals surface area (Å²) < 4.78 is 5.47. The minimum atomic E-state index is -0.255. The second-order valence-corrected chi connectivity index (χ2v) is 4.52. The van der Waals surface area contributed by atoms with Crippen molar-refractivity contribution >= 4 is 23.3 Å². The number of nitrogens with one attached hydrogen (secondary N) is 2. The zero-order chi connectivity index (χ0) is 12.3. The molecule has 1 aliphatic heterocycles. The maximum atomic E-state index is 11.5. The van der Waals surface area contributed by atoms with Gasteiger partial charge in [0.1, 0.15) is 6.61 Å². The molecule has 1 aromatic heterocycles. The molecule has 0 unspecified atom stereocenters. The van der Waals surface area contributed by atoms with Crippen LogP contribution in [0, 0.1) is 0 Å². The molecule has 2 heterocycles. The molecule has 2 N–H and O–H groups in total. The van der Waals surface area contributed by atoms with Gasteiger partial charge in [0.2, 0.25) is 0 Å². The summed E-state index contributed by atoms with van der Waals surface area (Å²) in [4.78, 5) is 11.5. The number of amides is 1. The maximum absolute atomic E-state index is 11.5. The van der Waals surface area contributed by atoms with Gasteiger partial charge < -0.3 is 15.4 Å². The summed E-state index contributed by atoms with van der Waals surface area (Å²) in [5, 5.41) is 13.3. The van der Waals surface area contributed by atoms with E-state index in [0.29, 0.717) is 5.82 Å². The van der Waals surface area contributed by atoms with E-state index in [1.165, 1.54) is 0 Å². The zero-order valence-electron chi connectivity index (χ0n) is 9.36. The van der Waals surface area contributed by atoms with Gasteiger partial charge in [-0.3, -0.25) is 4.79 Å². The Balaban J connectivity index is 1.79. The molecule has 0 atom stereocenters. The van der Waals surface area contributed by atoms with Crippen LogP contribution in [0.2, 0.25) is 5.15 Å². The van der Waals surface area contributed by atoms with Gasteiger partial charge in [0.15, 0.2) is 11.0 Å². The van der Waals surface area contributed by atoms with Crippen LogP contribution in [0.1, 0.15) is 6.92 Å². The van der Waals surface area contributed by atoms with E-state index in [1.807, 2.05) is 6.92 Å². The van der Waals surface area contributed by atoms with Gasteiger partial charge in [0.05, 0.1) is 5.60 Å². The van der Waals surface area contributed by atoms with Crippen molar-refractivity contribution < 1.29 is 9.53 Å². The molecule has 1 amide bonds. The molecule has 0 aromatic carbocycles. The van der Waals surface area contributed by atoms with E-state index >= 15 is 0 Å².